The molecule has 0 aliphatic heterocycles. The van der Waals surface area contributed by atoms with Gasteiger partial charge in [0.2, 0.25) is 5.91 Å². The second-order valence-corrected chi connectivity index (χ2v) is 8.70. The van der Waals surface area contributed by atoms with Gasteiger partial charge in [-0.3, -0.25) is 24.4 Å². The molecule has 2 aromatic heterocycles. The first-order valence-corrected chi connectivity index (χ1v) is 11.1. The maximum absolute atomic E-state index is 12.6. The van der Waals surface area contributed by atoms with Gasteiger partial charge in [0, 0.05) is 30.9 Å². The highest BCUT2D eigenvalue weighted by Crippen LogP contribution is 2.34. The van der Waals surface area contributed by atoms with Gasteiger partial charge in [0.15, 0.2) is 5.16 Å². The van der Waals surface area contributed by atoms with Crippen molar-refractivity contribution in [1.82, 2.24) is 29.9 Å². The minimum Gasteiger partial charge on any atom is -0.352 e. The summed E-state index contributed by atoms with van der Waals surface area (Å²) in [6.45, 7) is 0.0474. The van der Waals surface area contributed by atoms with Gasteiger partial charge in [-0.05, 0) is 36.7 Å². The molecule has 4 rings (SSSR count). The van der Waals surface area contributed by atoms with E-state index in [1.54, 1.807) is 17.8 Å². The molecule has 0 bridgehead atoms. The van der Waals surface area contributed by atoms with Crippen LogP contribution in [0.5, 0.6) is 0 Å². The number of carbonyl (C=O) groups is 2. The van der Waals surface area contributed by atoms with Crippen LogP contribution in [0.15, 0.2) is 47.0 Å². The zero-order valence-corrected chi connectivity index (χ0v) is 18.6. The fourth-order valence-corrected chi connectivity index (χ4v) is 4.41. The Morgan fingerprint density at radius 3 is 2.79 bits per heavy atom. The van der Waals surface area contributed by atoms with E-state index < -0.39 is 10.8 Å². The normalized spacial score (nSPS) is 13.7. The van der Waals surface area contributed by atoms with Crippen LogP contribution in [-0.2, 0) is 18.4 Å². The molecule has 1 fully saturated rings. The summed E-state index contributed by atoms with van der Waals surface area (Å²) in [7, 11) is 1.73. The van der Waals surface area contributed by atoms with Crippen LogP contribution in [0, 0.1) is 10.1 Å². The van der Waals surface area contributed by atoms with Crippen LogP contribution in [0.1, 0.15) is 36.0 Å². The first-order chi connectivity index (χ1) is 15.9. The Labute approximate surface area is 192 Å². The average molecular weight is 471 g/mol. The van der Waals surface area contributed by atoms with Gasteiger partial charge in [0.25, 0.3) is 11.6 Å². The van der Waals surface area contributed by atoms with E-state index in [4.69, 9.17) is 0 Å². The molecule has 13 heteroatoms. The monoisotopic (exact) mass is 470 g/mol. The third-order valence-corrected chi connectivity index (χ3v) is 6.32. The number of amides is 2. The molecule has 3 aromatic rings. The molecule has 1 aliphatic rings. The number of nitrogens with zero attached hydrogens (tertiary/aromatic N) is 6. The van der Waals surface area contributed by atoms with E-state index in [9.17, 15) is 19.7 Å². The van der Waals surface area contributed by atoms with Crippen molar-refractivity contribution in [3.05, 3.63) is 52.6 Å². The quantitative estimate of drug-likeness (QED) is 0.376. The van der Waals surface area contributed by atoms with E-state index >= 15 is 0 Å². The minimum absolute atomic E-state index is 0.0474. The van der Waals surface area contributed by atoms with Crippen molar-refractivity contribution in [1.29, 1.82) is 0 Å². The predicted molar refractivity (Wildman–Crippen MR) is 119 cm³/mol. The Morgan fingerprint density at radius 2 is 2.09 bits per heavy atom. The molecule has 1 aliphatic carbocycles. The predicted octanol–water partition coefficient (Wildman–Crippen LogP) is 2.38. The molecule has 0 atom stereocenters. The molecule has 0 radical (unpaired) electrons. The fraction of sp³-hybridized carbons (Fsp3) is 0.350. The third kappa shape index (κ3) is 5.55. The van der Waals surface area contributed by atoms with E-state index in [0.717, 1.165) is 37.4 Å². The molecule has 2 amide bonds. The van der Waals surface area contributed by atoms with E-state index in [1.807, 2.05) is 0 Å². The van der Waals surface area contributed by atoms with Gasteiger partial charge >= 0.3 is 0 Å². The lowest BCUT2D eigenvalue weighted by atomic mass is 10.2. The maximum atomic E-state index is 12.6. The average Bonchev–Trinajstić information content (AvgIpc) is 3.52. The van der Waals surface area contributed by atoms with Crippen molar-refractivity contribution in [3.8, 4) is 0 Å². The standard InChI is InChI=1S/C20H22N8O4S/c1-26-12-21-25-20(26)33-17-7-6-13(8-16(17)28(31)32)19(30)24-15-9-22-27(10-15)11-18(29)23-14-4-2-3-5-14/h6-10,12,14H,2-5,11H2,1H3,(H,23,29)(H,24,30). The third-order valence-electron chi connectivity index (χ3n) is 5.21. The Morgan fingerprint density at radius 1 is 1.30 bits per heavy atom. The molecule has 0 unspecified atom stereocenters. The van der Waals surface area contributed by atoms with Gasteiger partial charge in [0.1, 0.15) is 12.9 Å². The Kier molecular flexibility index (Phi) is 6.68. The van der Waals surface area contributed by atoms with Crippen LogP contribution in [0.3, 0.4) is 0 Å². The Balaban J connectivity index is 1.41. The number of benzene rings is 1. The summed E-state index contributed by atoms with van der Waals surface area (Å²) in [5.41, 5.74) is 0.291. The number of anilines is 1. The van der Waals surface area contributed by atoms with Crippen LogP contribution < -0.4 is 10.6 Å². The SMILES string of the molecule is Cn1cnnc1Sc1ccc(C(=O)Nc2cnn(CC(=O)NC3CCCC3)c2)cc1[N+](=O)[O-]. The molecule has 1 aromatic carbocycles. The van der Waals surface area contributed by atoms with Crippen LogP contribution in [0.2, 0.25) is 0 Å². The van der Waals surface area contributed by atoms with Gasteiger partial charge in [0.05, 0.1) is 21.7 Å². The zero-order valence-electron chi connectivity index (χ0n) is 17.8. The summed E-state index contributed by atoms with van der Waals surface area (Å²) >= 11 is 1.09. The van der Waals surface area contributed by atoms with Crippen LogP contribution in [-0.4, -0.2) is 47.3 Å². The molecule has 2 N–H and O–H groups in total. The molecule has 12 nitrogen and oxygen atoms in total. The number of rotatable bonds is 8. The summed E-state index contributed by atoms with van der Waals surface area (Å²) in [6.07, 6.45) is 8.70. The number of carbonyl (C=O) groups excluding carboxylic acids is 2. The topological polar surface area (TPSA) is 150 Å². The van der Waals surface area contributed by atoms with Gasteiger partial charge in [-0.25, -0.2) is 0 Å². The number of aromatic nitrogens is 5. The van der Waals surface area contributed by atoms with Crippen molar-refractivity contribution in [3.63, 3.8) is 0 Å². The Bertz CT molecular complexity index is 1180. The van der Waals surface area contributed by atoms with Crippen molar-refractivity contribution < 1.29 is 14.5 Å². The second-order valence-electron chi connectivity index (χ2n) is 7.70. The molecule has 172 valence electrons. The lowest BCUT2D eigenvalue weighted by molar-refractivity contribution is -0.387. The smallest absolute Gasteiger partial charge is 0.284 e. The van der Waals surface area contributed by atoms with Crippen LogP contribution >= 0.6 is 11.8 Å². The lowest BCUT2D eigenvalue weighted by Crippen LogP contribution is -2.35. The highest BCUT2D eigenvalue weighted by Gasteiger charge is 2.21. The molecule has 2 heterocycles. The lowest BCUT2D eigenvalue weighted by Gasteiger charge is -2.11. The second kappa shape index (κ2) is 9.81. The van der Waals surface area contributed by atoms with E-state index in [2.05, 4.69) is 25.9 Å². The summed E-state index contributed by atoms with van der Waals surface area (Å²) < 4.78 is 3.07. The number of aryl methyl sites for hydroxylation is 1. The molecule has 33 heavy (non-hydrogen) atoms. The number of nitro benzene ring substituents is 1. The van der Waals surface area contributed by atoms with E-state index in [0.29, 0.717) is 15.7 Å². The molecular formula is C20H22N8O4S. The van der Waals surface area contributed by atoms with Crippen LogP contribution in [0.4, 0.5) is 11.4 Å². The van der Waals surface area contributed by atoms with E-state index in [-0.39, 0.29) is 29.7 Å². The number of hydrogen-bond donors (Lipinski definition) is 2. The summed E-state index contributed by atoms with van der Waals surface area (Å²) in [5.74, 6) is -0.655. The highest BCUT2D eigenvalue weighted by atomic mass is 32.2. The number of nitro groups is 1. The molecule has 0 spiro atoms. The van der Waals surface area contributed by atoms with Gasteiger partial charge in [-0.2, -0.15) is 5.10 Å². The van der Waals surface area contributed by atoms with Crippen molar-refractivity contribution in [2.75, 3.05) is 5.32 Å². The summed E-state index contributed by atoms with van der Waals surface area (Å²) in [6, 6.07) is 4.44. The fourth-order valence-electron chi connectivity index (χ4n) is 3.56. The highest BCUT2D eigenvalue weighted by molar-refractivity contribution is 7.99. The molecular weight excluding hydrogens is 448 g/mol. The zero-order chi connectivity index (χ0) is 23.4. The first-order valence-electron chi connectivity index (χ1n) is 10.3. The van der Waals surface area contributed by atoms with Gasteiger partial charge in [-0.15, -0.1) is 10.2 Å². The largest absolute Gasteiger partial charge is 0.352 e. The van der Waals surface area contributed by atoms with Crippen molar-refractivity contribution >= 4 is 35.0 Å². The van der Waals surface area contributed by atoms with Crippen LogP contribution in [0.25, 0.3) is 0 Å². The van der Waals surface area contributed by atoms with Gasteiger partial charge in [-0.1, -0.05) is 12.8 Å². The van der Waals surface area contributed by atoms with Gasteiger partial charge < -0.3 is 15.2 Å². The van der Waals surface area contributed by atoms with E-state index in [1.165, 1.54) is 35.4 Å². The maximum Gasteiger partial charge on any atom is 0.284 e. The van der Waals surface area contributed by atoms with Crippen molar-refractivity contribution in [2.24, 2.45) is 7.05 Å². The summed E-state index contributed by atoms with van der Waals surface area (Å²) in [4.78, 5) is 36.2. The minimum atomic E-state index is -0.545. The molecule has 0 saturated heterocycles. The Hall–Kier alpha value is -3.74. The summed E-state index contributed by atoms with van der Waals surface area (Å²) in [5, 5.41) is 29.5. The molecule has 1 saturated carbocycles. The number of nitrogens with one attached hydrogen (secondary N) is 2. The van der Waals surface area contributed by atoms with Crippen molar-refractivity contribution in [2.45, 2.75) is 48.3 Å². The first kappa shape index (κ1) is 22.5. The number of hydrogen-bond acceptors (Lipinski definition) is 8.